The van der Waals surface area contributed by atoms with Crippen molar-refractivity contribution in [1.29, 1.82) is 5.26 Å². The van der Waals surface area contributed by atoms with Crippen molar-refractivity contribution in [1.82, 2.24) is 9.55 Å². The largest absolute Gasteiger partial charge is 0.323 e. The first kappa shape index (κ1) is 11.7. The Morgan fingerprint density at radius 2 is 2.29 bits per heavy atom. The predicted octanol–water partition coefficient (Wildman–Crippen LogP) is 3.04. The van der Waals surface area contributed by atoms with Gasteiger partial charge in [0.25, 0.3) is 0 Å². The Labute approximate surface area is 105 Å². The Morgan fingerprint density at radius 3 is 3.06 bits per heavy atom. The summed E-state index contributed by atoms with van der Waals surface area (Å²) in [6.07, 6.45) is 5.39. The molecule has 1 heterocycles. The maximum Gasteiger partial charge on any atom is 0.212 e. The van der Waals surface area contributed by atoms with Crippen LogP contribution in [0.15, 0.2) is 36.7 Å². The topological polar surface area (TPSA) is 41.6 Å². The summed E-state index contributed by atoms with van der Waals surface area (Å²) in [5.41, 5.74) is 1.22. The van der Waals surface area contributed by atoms with Gasteiger partial charge in [-0.15, -0.1) is 0 Å². The molecule has 4 heteroatoms. The molecule has 17 heavy (non-hydrogen) atoms. The molecule has 0 fully saturated rings. The van der Waals surface area contributed by atoms with Crippen molar-refractivity contribution in [2.75, 3.05) is 0 Å². The van der Waals surface area contributed by atoms with Crippen LogP contribution in [-0.2, 0) is 13.0 Å². The minimum absolute atomic E-state index is 0.469. The Balaban J connectivity index is 1.90. The van der Waals surface area contributed by atoms with Gasteiger partial charge in [0.1, 0.15) is 6.07 Å². The number of halogens is 1. The zero-order chi connectivity index (χ0) is 12.1. The Morgan fingerprint density at radius 1 is 1.41 bits per heavy atom. The van der Waals surface area contributed by atoms with Gasteiger partial charge in [0.05, 0.1) is 0 Å². The lowest BCUT2D eigenvalue weighted by atomic mass is 10.1. The zero-order valence-corrected chi connectivity index (χ0v) is 10.1. The molecule has 3 nitrogen and oxygen atoms in total. The number of hydrogen-bond acceptors (Lipinski definition) is 2. The molecule has 0 atom stereocenters. The number of aryl methyl sites for hydroxylation is 2. The molecular weight excluding hydrogens is 234 g/mol. The molecular formula is C13H12ClN3. The van der Waals surface area contributed by atoms with Gasteiger partial charge in [0, 0.05) is 24.0 Å². The number of imidazole rings is 1. The molecule has 0 saturated heterocycles. The second-order valence-electron chi connectivity index (χ2n) is 3.79. The van der Waals surface area contributed by atoms with Crippen LogP contribution in [0.3, 0.4) is 0 Å². The highest BCUT2D eigenvalue weighted by Gasteiger charge is 2.01. The molecule has 0 bridgehead atoms. The van der Waals surface area contributed by atoms with Gasteiger partial charge in [0.2, 0.25) is 5.82 Å². The third kappa shape index (κ3) is 3.08. The summed E-state index contributed by atoms with van der Waals surface area (Å²) in [5.74, 6) is 0.469. The first-order chi connectivity index (χ1) is 8.29. The minimum Gasteiger partial charge on any atom is -0.323 e. The number of rotatable bonds is 4. The molecule has 2 rings (SSSR count). The molecule has 1 aromatic heterocycles. The molecule has 0 N–H and O–H groups in total. The second-order valence-corrected chi connectivity index (χ2v) is 4.23. The van der Waals surface area contributed by atoms with Crippen LogP contribution in [0.2, 0.25) is 5.02 Å². The summed E-state index contributed by atoms with van der Waals surface area (Å²) in [6, 6.07) is 9.92. The van der Waals surface area contributed by atoms with Gasteiger partial charge in [-0.25, -0.2) is 4.98 Å². The molecule has 1 aromatic carbocycles. The van der Waals surface area contributed by atoms with Crippen molar-refractivity contribution in [2.45, 2.75) is 19.4 Å². The van der Waals surface area contributed by atoms with E-state index in [2.05, 4.69) is 17.1 Å². The molecule has 86 valence electrons. The van der Waals surface area contributed by atoms with Crippen LogP contribution < -0.4 is 0 Å². The van der Waals surface area contributed by atoms with Gasteiger partial charge >= 0.3 is 0 Å². The van der Waals surface area contributed by atoms with Crippen molar-refractivity contribution < 1.29 is 0 Å². The summed E-state index contributed by atoms with van der Waals surface area (Å²) < 4.78 is 1.87. The fourth-order valence-electron chi connectivity index (χ4n) is 1.75. The Kier molecular flexibility index (Phi) is 3.79. The van der Waals surface area contributed by atoms with Gasteiger partial charge < -0.3 is 4.57 Å². The number of nitriles is 1. The lowest BCUT2D eigenvalue weighted by Gasteiger charge is -2.04. The molecule has 0 aliphatic carbocycles. The molecule has 0 amide bonds. The highest BCUT2D eigenvalue weighted by atomic mass is 35.5. The van der Waals surface area contributed by atoms with Crippen molar-refractivity contribution >= 4 is 11.6 Å². The Bertz CT molecular complexity index is 540. The van der Waals surface area contributed by atoms with Gasteiger partial charge in [-0.3, -0.25) is 0 Å². The fraction of sp³-hybridized carbons (Fsp3) is 0.231. The molecule has 0 aliphatic heterocycles. The van der Waals surface area contributed by atoms with Gasteiger partial charge in [0.15, 0.2) is 0 Å². The molecule has 0 spiro atoms. The van der Waals surface area contributed by atoms with Crippen molar-refractivity contribution in [3.63, 3.8) is 0 Å². The summed E-state index contributed by atoms with van der Waals surface area (Å²) in [5, 5.41) is 9.58. The van der Waals surface area contributed by atoms with Crippen molar-refractivity contribution in [3.8, 4) is 6.07 Å². The third-order valence-electron chi connectivity index (χ3n) is 2.57. The van der Waals surface area contributed by atoms with E-state index in [0.29, 0.717) is 5.82 Å². The van der Waals surface area contributed by atoms with E-state index in [-0.39, 0.29) is 0 Å². The maximum atomic E-state index is 8.81. The standard InChI is InChI=1S/C13H12ClN3/c14-12-5-1-3-11(9-12)4-2-7-17-8-6-16-13(17)10-15/h1,3,5-6,8-9H,2,4,7H2. The van der Waals surface area contributed by atoms with Gasteiger partial charge in [-0.1, -0.05) is 23.7 Å². The average Bonchev–Trinajstić information content (AvgIpc) is 2.77. The maximum absolute atomic E-state index is 8.81. The first-order valence-corrected chi connectivity index (χ1v) is 5.83. The summed E-state index contributed by atoms with van der Waals surface area (Å²) in [4.78, 5) is 3.96. The summed E-state index contributed by atoms with van der Waals surface area (Å²) in [7, 11) is 0. The van der Waals surface area contributed by atoms with Crippen LogP contribution in [0.25, 0.3) is 0 Å². The van der Waals surface area contributed by atoms with E-state index < -0.39 is 0 Å². The monoisotopic (exact) mass is 245 g/mol. The first-order valence-electron chi connectivity index (χ1n) is 5.45. The van der Waals surface area contributed by atoms with Crippen LogP contribution >= 0.6 is 11.6 Å². The summed E-state index contributed by atoms with van der Waals surface area (Å²) in [6.45, 7) is 0.801. The van der Waals surface area contributed by atoms with E-state index in [0.717, 1.165) is 24.4 Å². The number of hydrogen-bond donors (Lipinski definition) is 0. The van der Waals surface area contributed by atoms with Crippen LogP contribution in [0.1, 0.15) is 17.8 Å². The van der Waals surface area contributed by atoms with E-state index in [1.807, 2.05) is 29.0 Å². The average molecular weight is 246 g/mol. The number of nitrogens with zero attached hydrogens (tertiary/aromatic N) is 3. The molecule has 0 aliphatic rings. The number of aromatic nitrogens is 2. The van der Waals surface area contributed by atoms with Crippen LogP contribution in [-0.4, -0.2) is 9.55 Å². The van der Waals surface area contributed by atoms with Crippen molar-refractivity contribution in [3.05, 3.63) is 53.1 Å². The normalized spacial score (nSPS) is 10.1. The van der Waals surface area contributed by atoms with E-state index in [1.165, 1.54) is 5.56 Å². The molecule has 0 saturated carbocycles. The smallest absolute Gasteiger partial charge is 0.212 e. The fourth-order valence-corrected chi connectivity index (χ4v) is 1.96. The lowest BCUT2D eigenvalue weighted by molar-refractivity contribution is 0.635. The molecule has 0 radical (unpaired) electrons. The second kappa shape index (κ2) is 5.51. The molecule has 2 aromatic rings. The highest BCUT2D eigenvalue weighted by Crippen LogP contribution is 2.12. The highest BCUT2D eigenvalue weighted by molar-refractivity contribution is 6.30. The van der Waals surface area contributed by atoms with Crippen molar-refractivity contribution in [2.24, 2.45) is 0 Å². The summed E-state index contributed by atoms with van der Waals surface area (Å²) >= 11 is 5.91. The van der Waals surface area contributed by atoms with E-state index in [4.69, 9.17) is 16.9 Å². The minimum atomic E-state index is 0.469. The van der Waals surface area contributed by atoms with Crippen LogP contribution in [0.4, 0.5) is 0 Å². The lowest BCUT2D eigenvalue weighted by Crippen LogP contribution is -2.01. The van der Waals surface area contributed by atoms with Crippen LogP contribution in [0.5, 0.6) is 0 Å². The van der Waals surface area contributed by atoms with Gasteiger partial charge in [-0.05, 0) is 30.5 Å². The van der Waals surface area contributed by atoms with Gasteiger partial charge in [-0.2, -0.15) is 5.26 Å². The predicted molar refractivity (Wildman–Crippen MR) is 66.7 cm³/mol. The van der Waals surface area contributed by atoms with E-state index in [1.54, 1.807) is 6.20 Å². The third-order valence-corrected chi connectivity index (χ3v) is 2.80. The Hall–Kier alpha value is -1.79. The van der Waals surface area contributed by atoms with E-state index in [9.17, 15) is 0 Å². The quantitative estimate of drug-likeness (QED) is 0.831. The van der Waals surface area contributed by atoms with Crippen LogP contribution in [0, 0.1) is 11.3 Å². The zero-order valence-electron chi connectivity index (χ0n) is 9.31. The number of benzene rings is 1. The van der Waals surface area contributed by atoms with E-state index >= 15 is 0 Å². The SMILES string of the molecule is N#Cc1nccn1CCCc1cccc(Cl)c1. The molecule has 0 unspecified atom stereocenters.